The summed E-state index contributed by atoms with van der Waals surface area (Å²) in [4.78, 5) is 4.07. The second-order valence-electron chi connectivity index (χ2n) is 12.0. The van der Waals surface area contributed by atoms with Crippen molar-refractivity contribution in [1.82, 2.24) is 15.0 Å². The van der Waals surface area contributed by atoms with Gasteiger partial charge in [0.25, 0.3) is 0 Å². The molecular formula is C44H30N4. The highest BCUT2D eigenvalue weighted by atomic mass is 15.5. The highest BCUT2D eigenvalue weighted by molar-refractivity contribution is 6.18. The van der Waals surface area contributed by atoms with Crippen molar-refractivity contribution in [3.63, 3.8) is 0 Å². The van der Waals surface area contributed by atoms with Crippen molar-refractivity contribution in [3.8, 4) is 27.9 Å². The van der Waals surface area contributed by atoms with Crippen molar-refractivity contribution in [3.05, 3.63) is 182 Å². The van der Waals surface area contributed by atoms with E-state index in [-0.39, 0.29) is 0 Å². The first-order valence-corrected chi connectivity index (χ1v) is 16.2. The predicted molar refractivity (Wildman–Crippen MR) is 199 cm³/mol. The van der Waals surface area contributed by atoms with Crippen LogP contribution in [0.1, 0.15) is 0 Å². The summed E-state index contributed by atoms with van der Waals surface area (Å²) in [6.07, 6.45) is 0. The third-order valence-electron chi connectivity index (χ3n) is 9.04. The first-order chi connectivity index (χ1) is 23.8. The van der Waals surface area contributed by atoms with Gasteiger partial charge < -0.3 is 4.90 Å². The van der Waals surface area contributed by atoms with Crippen LogP contribution in [0.15, 0.2) is 182 Å². The second-order valence-corrected chi connectivity index (χ2v) is 12.0. The number of fused-ring (bicyclic) bond motifs is 5. The standard InChI is InChI=1S/C44H30N4/c1-4-10-31(11-5-1)33-18-23-37(24-19-33)47(38-25-20-34(21-26-38)32-12-6-2-7-13-32)40-27-28-41-36(30-40)17-16-35-22-29-42-44(43(35)41)46-48(45-42)39-14-8-3-9-15-39/h1-30H. The molecule has 48 heavy (non-hydrogen) atoms. The summed E-state index contributed by atoms with van der Waals surface area (Å²) in [5.41, 5.74) is 10.8. The van der Waals surface area contributed by atoms with Crippen molar-refractivity contribution in [2.45, 2.75) is 0 Å². The lowest BCUT2D eigenvalue weighted by atomic mass is 9.99. The van der Waals surface area contributed by atoms with E-state index in [4.69, 9.17) is 10.2 Å². The van der Waals surface area contributed by atoms with Crippen LogP contribution in [0.25, 0.3) is 60.5 Å². The van der Waals surface area contributed by atoms with Crippen LogP contribution >= 0.6 is 0 Å². The van der Waals surface area contributed by atoms with Gasteiger partial charge in [-0.05, 0) is 93.0 Å². The summed E-state index contributed by atoms with van der Waals surface area (Å²) < 4.78 is 0. The van der Waals surface area contributed by atoms with E-state index in [2.05, 4.69) is 157 Å². The normalized spacial score (nSPS) is 11.3. The number of para-hydroxylation sites is 1. The quantitative estimate of drug-likeness (QED) is 0.175. The molecule has 4 nitrogen and oxygen atoms in total. The highest BCUT2D eigenvalue weighted by Crippen LogP contribution is 2.40. The average molecular weight is 615 g/mol. The van der Waals surface area contributed by atoms with E-state index in [1.165, 1.54) is 22.3 Å². The van der Waals surface area contributed by atoms with Crippen LogP contribution in [-0.2, 0) is 0 Å². The minimum Gasteiger partial charge on any atom is -0.310 e. The molecule has 0 aliphatic heterocycles. The molecule has 0 N–H and O–H groups in total. The second kappa shape index (κ2) is 11.7. The van der Waals surface area contributed by atoms with E-state index in [1.807, 2.05) is 30.3 Å². The first-order valence-electron chi connectivity index (χ1n) is 16.2. The number of hydrogen-bond acceptors (Lipinski definition) is 3. The molecule has 0 saturated heterocycles. The third-order valence-corrected chi connectivity index (χ3v) is 9.04. The van der Waals surface area contributed by atoms with Crippen LogP contribution in [0.3, 0.4) is 0 Å². The lowest BCUT2D eigenvalue weighted by Gasteiger charge is -2.26. The van der Waals surface area contributed by atoms with Crippen molar-refractivity contribution in [2.24, 2.45) is 0 Å². The van der Waals surface area contributed by atoms with Gasteiger partial charge in [-0.2, -0.15) is 4.80 Å². The molecule has 0 aliphatic carbocycles. The molecule has 0 radical (unpaired) electrons. The molecule has 0 amide bonds. The van der Waals surface area contributed by atoms with Gasteiger partial charge in [0, 0.05) is 22.4 Å². The van der Waals surface area contributed by atoms with E-state index in [1.54, 1.807) is 4.80 Å². The van der Waals surface area contributed by atoms with Gasteiger partial charge in [-0.25, -0.2) is 0 Å². The van der Waals surface area contributed by atoms with Gasteiger partial charge in [0.05, 0.1) is 5.69 Å². The van der Waals surface area contributed by atoms with Crippen LogP contribution in [0, 0.1) is 0 Å². The largest absolute Gasteiger partial charge is 0.310 e. The molecule has 0 spiro atoms. The Kier molecular flexibility index (Phi) is 6.76. The summed E-state index contributed by atoms with van der Waals surface area (Å²) in [6.45, 7) is 0. The molecule has 226 valence electrons. The van der Waals surface area contributed by atoms with E-state index in [0.717, 1.165) is 55.3 Å². The van der Waals surface area contributed by atoms with Crippen molar-refractivity contribution in [2.75, 3.05) is 4.90 Å². The van der Waals surface area contributed by atoms with Crippen LogP contribution in [-0.4, -0.2) is 15.0 Å². The molecule has 0 aliphatic rings. The lowest BCUT2D eigenvalue weighted by Crippen LogP contribution is -2.09. The van der Waals surface area contributed by atoms with Gasteiger partial charge in [-0.3, -0.25) is 0 Å². The maximum atomic E-state index is 4.98. The van der Waals surface area contributed by atoms with Gasteiger partial charge in [-0.1, -0.05) is 127 Å². The van der Waals surface area contributed by atoms with E-state index in [0.29, 0.717) is 0 Å². The fourth-order valence-electron chi connectivity index (χ4n) is 6.64. The molecule has 0 unspecified atom stereocenters. The van der Waals surface area contributed by atoms with Gasteiger partial charge >= 0.3 is 0 Å². The molecule has 4 heteroatoms. The number of nitrogens with zero attached hydrogens (tertiary/aromatic N) is 4. The van der Waals surface area contributed by atoms with Crippen LogP contribution in [0.2, 0.25) is 0 Å². The number of anilines is 3. The Hall–Kier alpha value is -6.52. The zero-order valence-corrected chi connectivity index (χ0v) is 26.1. The zero-order valence-electron chi connectivity index (χ0n) is 26.1. The molecule has 0 saturated carbocycles. The number of benzene rings is 8. The summed E-state index contributed by atoms with van der Waals surface area (Å²) in [5.74, 6) is 0. The Balaban J connectivity index is 1.18. The minimum absolute atomic E-state index is 0.876. The van der Waals surface area contributed by atoms with Gasteiger partial charge in [-0.15, -0.1) is 10.2 Å². The fourth-order valence-corrected chi connectivity index (χ4v) is 6.64. The molecule has 1 aromatic heterocycles. The van der Waals surface area contributed by atoms with E-state index < -0.39 is 0 Å². The summed E-state index contributed by atoms with van der Waals surface area (Å²) >= 11 is 0. The van der Waals surface area contributed by atoms with E-state index >= 15 is 0 Å². The molecule has 9 aromatic rings. The van der Waals surface area contributed by atoms with E-state index in [9.17, 15) is 0 Å². The molecule has 9 rings (SSSR count). The van der Waals surface area contributed by atoms with Gasteiger partial charge in [0.1, 0.15) is 11.0 Å². The summed E-state index contributed by atoms with van der Waals surface area (Å²) in [6, 6.07) is 64.1. The van der Waals surface area contributed by atoms with Crippen LogP contribution < -0.4 is 4.90 Å². The highest BCUT2D eigenvalue weighted by Gasteiger charge is 2.16. The van der Waals surface area contributed by atoms with Crippen molar-refractivity contribution < 1.29 is 0 Å². The molecule has 0 fully saturated rings. The Morgan fingerprint density at radius 1 is 0.396 bits per heavy atom. The van der Waals surface area contributed by atoms with Crippen molar-refractivity contribution >= 4 is 49.6 Å². The van der Waals surface area contributed by atoms with Gasteiger partial charge in [0.15, 0.2) is 0 Å². The SMILES string of the molecule is c1ccc(-c2ccc(N(c3ccc(-c4ccccc4)cc3)c3ccc4c(ccc5ccc6nn(-c7ccccc7)nc6c54)c3)cc2)cc1. The molecule has 0 atom stereocenters. The summed E-state index contributed by atoms with van der Waals surface area (Å²) in [5, 5.41) is 14.4. The monoisotopic (exact) mass is 614 g/mol. The summed E-state index contributed by atoms with van der Waals surface area (Å²) in [7, 11) is 0. The number of rotatable bonds is 6. The average Bonchev–Trinajstić information content (AvgIpc) is 3.61. The third kappa shape index (κ3) is 4.97. The Morgan fingerprint density at radius 2 is 0.896 bits per heavy atom. The van der Waals surface area contributed by atoms with Gasteiger partial charge in [0.2, 0.25) is 0 Å². The maximum absolute atomic E-state index is 4.98. The minimum atomic E-state index is 0.876. The number of aromatic nitrogens is 3. The fraction of sp³-hybridized carbons (Fsp3) is 0. The lowest BCUT2D eigenvalue weighted by molar-refractivity contribution is 0.766. The molecular weight excluding hydrogens is 585 g/mol. The zero-order chi connectivity index (χ0) is 31.9. The predicted octanol–water partition coefficient (Wildman–Crippen LogP) is 11.5. The smallest absolute Gasteiger partial charge is 0.122 e. The van der Waals surface area contributed by atoms with Crippen LogP contribution in [0.4, 0.5) is 17.1 Å². The van der Waals surface area contributed by atoms with Crippen molar-refractivity contribution in [1.29, 1.82) is 0 Å². The topological polar surface area (TPSA) is 34.0 Å². The Morgan fingerprint density at radius 3 is 1.50 bits per heavy atom. The molecule has 8 aromatic carbocycles. The first kappa shape index (κ1) is 27.8. The molecule has 0 bridgehead atoms. The maximum Gasteiger partial charge on any atom is 0.122 e. The Bertz CT molecular complexity index is 2440. The van der Waals surface area contributed by atoms with Crippen LogP contribution in [0.5, 0.6) is 0 Å². The molecule has 1 heterocycles. The number of hydrogen-bond donors (Lipinski definition) is 0. The Labute approximate surface area is 278 Å².